The molecule has 0 unspecified atom stereocenters. The smallest absolute Gasteiger partial charge is 0.169 e. The number of hydrogen-bond acceptors (Lipinski definition) is 3. The van der Waals surface area contributed by atoms with Gasteiger partial charge in [0.1, 0.15) is 5.60 Å². The average molecular weight is 585 g/mol. The van der Waals surface area contributed by atoms with Crippen molar-refractivity contribution in [1.82, 2.24) is 0 Å². The quantitative estimate of drug-likeness (QED) is 0.0844. The fourth-order valence-electron chi connectivity index (χ4n) is 5.92. The fourth-order valence-corrected chi connectivity index (χ4v) is 9.44. The summed E-state index contributed by atoms with van der Waals surface area (Å²) in [5.74, 6) is -0.636. The molecule has 5 aromatic carbocycles. The second kappa shape index (κ2) is 13.3. The third-order valence-electron chi connectivity index (χ3n) is 8.00. The first kappa shape index (κ1) is 30.2. The summed E-state index contributed by atoms with van der Waals surface area (Å²) in [6, 6.07) is 49.2. The van der Waals surface area contributed by atoms with Crippen LogP contribution in [0.5, 0.6) is 0 Å². The first-order chi connectivity index (χ1) is 20.9. The van der Waals surface area contributed by atoms with Gasteiger partial charge in [0.15, 0.2) is 12.9 Å². The van der Waals surface area contributed by atoms with Gasteiger partial charge < -0.3 is 9.30 Å². The molecule has 0 aromatic heterocycles. The van der Waals surface area contributed by atoms with Gasteiger partial charge in [0.05, 0.1) is 12.3 Å². The Balaban J connectivity index is 1.66. The lowest BCUT2D eigenvalue weighted by molar-refractivity contribution is -0.116. The average Bonchev–Trinajstić information content (AvgIpc) is 3.07. The van der Waals surface area contributed by atoms with Gasteiger partial charge in [-0.25, -0.2) is 0 Å². The van der Waals surface area contributed by atoms with Crippen LogP contribution in [0.25, 0.3) is 0 Å². The third kappa shape index (κ3) is 5.97. The van der Waals surface area contributed by atoms with Crippen molar-refractivity contribution in [2.45, 2.75) is 25.1 Å². The van der Waals surface area contributed by atoms with Gasteiger partial charge in [-0.3, -0.25) is 4.79 Å². The van der Waals surface area contributed by atoms with Crippen molar-refractivity contribution in [2.75, 3.05) is 6.61 Å². The fraction of sp³-hybridized carbons (Fsp3) is 0.154. The van der Waals surface area contributed by atoms with Crippen LogP contribution < -0.4 is 10.6 Å². The predicted molar refractivity (Wildman–Crippen MR) is 178 cm³/mol. The molecule has 0 saturated carbocycles. The first-order valence-electron chi connectivity index (χ1n) is 14.6. The molecule has 2 atom stereocenters. The molecule has 0 N–H and O–H groups in total. The number of ketones is 1. The second-order valence-corrected chi connectivity index (χ2v) is 13.9. The SMILES string of the molecule is C=C(C)C(=O)[C@H]([C@H](C)COC(c1ccccc1)(c1ccccc1)c1ccccc1)P(=O)(c1ccccc1)c1ccccc1. The Kier molecular flexibility index (Phi) is 9.36. The maximum Gasteiger partial charge on any atom is 0.169 e. The van der Waals surface area contributed by atoms with E-state index >= 15 is 4.57 Å². The minimum Gasteiger partial charge on any atom is -0.361 e. The lowest BCUT2D eigenvalue weighted by Gasteiger charge is -2.38. The normalized spacial score (nSPS) is 13.2. The molecule has 3 nitrogen and oxygen atoms in total. The summed E-state index contributed by atoms with van der Waals surface area (Å²) >= 11 is 0. The highest BCUT2D eigenvalue weighted by Crippen LogP contribution is 2.53. The molecule has 0 radical (unpaired) electrons. The van der Waals surface area contributed by atoms with E-state index in [1.807, 2.05) is 122 Å². The predicted octanol–water partition coefficient (Wildman–Crippen LogP) is 8.16. The number of ether oxygens (including phenoxy) is 1. The van der Waals surface area contributed by atoms with E-state index in [0.717, 1.165) is 16.7 Å². The highest BCUT2D eigenvalue weighted by atomic mass is 31.2. The molecule has 43 heavy (non-hydrogen) atoms. The molecule has 216 valence electrons. The van der Waals surface area contributed by atoms with E-state index in [4.69, 9.17) is 4.74 Å². The Labute approximate surface area is 255 Å². The molecule has 0 fully saturated rings. The highest BCUT2D eigenvalue weighted by Gasteiger charge is 2.46. The van der Waals surface area contributed by atoms with E-state index in [-0.39, 0.29) is 12.4 Å². The number of allylic oxidation sites excluding steroid dienone is 1. The summed E-state index contributed by atoms with van der Waals surface area (Å²) in [4.78, 5) is 14.1. The Morgan fingerprint density at radius 2 is 0.977 bits per heavy atom. The van der Waals surface area contributed by atoms with E-state index in [1.165, 1.54) is 0 Å². The summed E-state index contributed by atoms with van der Waals surface area (Å²) in [5, 5.41) is 1.29. The zero-order valence-electron chi connectivity index (χ0n) is 24.7. The van der Waals surface area contributed by atoms with Gasteiger partial charge in [-0.15, -0.1) is 0 Å². The first-order valence-corrected chi connectivity index (χ1v) is 16.4. The highest BCUT2D eigenvalue weighted by molar-refractivity contribution is 7.80. The molecular weight excluding hydrogens is 547 g/mol. The van der Waals surface area contributed by atoms with Crippen molar-refractivity contribution in [2.24, 2.45) is 5.92 Å². The Morgan fingerprint density at radius 3 is 1.30 bits per heavy atom. The van der Waals surface area contributed by atoms with Crippen molar-refractivity contribution in [3.05, 3.63) is 181 Å². The van der Waals surface area contributed by atoms with Gasteiger partial charge in [-0.2, -0.15) is 0 Å². The van der Waals surface area contributed by atoms with Gasteiger partial charge in [0.2, 0.25) is 0 Å². The minimum atomic E-state index is -3.49. The van der Waals surface area contributed by atoms with Gasteiger partial charge in [-0.05, 0) is 35.1 Å². The molecule has 0 aliphatic rings. The van der Waals surface area contributed by atoms with E-state index in [9.17, 15) is 4.79 Å². The van der Waals surface area contributed by atoms with Gasteiger partial charge >= 0.3 is 0 Å². The van der Waals surface area contributed by atoms with Crippen molar-refractivity contribution in [1.29, 1.82) is 0 Å². The van der Waals surface area contributed by atoms with Gasteiger partial charge in [-0.1, -0.05) is 165 Å². The van der Waals surface area contributed by atoms with Crippen LogP contribution in [0.4, 0.5) is 0 Å². The zero-order valence-corrected chi connectivity index (χ0v) is 25.6. The third-order valence-corrected chi connectivity index (χ3v) is 11.7. The summed E-state index contributed by atoms with van der Waals surface area (Å²) in [6.45, 7) is 7.84. The van der Waals surface area contributed by atoms with Crippen molar-refractivity contribution in [3.8, 4) is 0 Å². The van der Waals surface area contributed by atoms with Crippen LogP contribution in [0.2, 0.25) is 0 Å². The van der Waals surface area contributed by atoms with Crippen molar-refractivity contribution < 1.29 is 14.1 Å². The Morgan fingerprint density at radius 1 is 0.651 bits per heavy atom. The molecule has 0 bridgehead atoms. The molecule has 0 aliphatic heterocycles. The lowest BCUT2D eigenvalue weighted by Crippen LogP contribution is -2.41. The molecule has 5 aromatic rings. The molecule has 4 heteroatoms. The monoisotopic (exact) mass is 584 g/mol. The Bertz CT molecular complexity index is 1540. The van der Waals surface area contributed by atoms with Crippen LogP contribution in [0.15, 0.2) is 164 Å². The molecule has 0 amide bonds. The summed E-state index contributed by atoms with van der Waals surface area (Å²) in [6.07, 6.45) is 0. The van der Waals surface area contributed by atoms with Gasteiger partial charge in [0, 0.05) is 10.6 Å². The molecule has 0 heterocycles. The molecule has 0 aliphatic carbocycles. The number of carbonyl (C=O) groups is 1. The molecule has 0 saturated heterocycles. The summed E-state index contributed by atoms with van der Waals surface area (Å²) in [5.41, 5.74) is 1.46. The van der Waals surface area contributed by atoms with Crippen molar-refractivity contribution in [3.63, 3.8) is 0 Å². The van der Waals surface area contributed by atoms with Crippen LogP contribution in [-0.2, 0) is 19.7 Å². The van der Waals surface area contributed by atoms with E-state index in [2.05, 4.69) is 43.0 Å². The lowest BCUT2D eigenvalue weighted by atomic mass is 9.80. The van der Waals surface area contributed by atoms with Crippen LogP contribution in [0.1, 0.15) is 30.5 Å². The number of Topliss-reactive ketones (excluding diaryl/α,β-unsaturated/α-hetero) is 1. The largest absolute Gasteiger partial charge is 0.361 e. The minimum absolute atomic E-state index is 0.173. The number of rotatable bonds is 12. The van der Waals surface area contributed by atoms with Crippen LogP contribution in [0, 0.1) is 5.92 Å². The van der Waals surface area contributed by atoms with E-state index in [1.54, 1.807) is 6.92 Å². The van der Waals surface area contributed by atoms with Crippen LogP contribution in [-0.4, -0.2) is 18.0 Å². The zero-order chi connectivity index (χ0) is 30.3. The maximum atomic E-state index is 15.5. The standard InChI is InChI=1S/C39H37O3P/c1-30(2)37(40)38(43(41,35-25-15-7-16-26-35)36-27-17-8-18-28-36)31(3)29-42-39(32-19-9-4-10-20-32,33-21-11-5-12-22-33)34-23-13-6-14-24-34/h4-28,31,38H,1,29H2,2-3H3/t31-,38+/m1/s1. The topological polar surface area (TPSA) is 43.4 Å². The maximum absolute atomic E-state index is 15.5. The molecule has 0 spiro atoms. The van der Waals surface area contributed by atoms with E-state index in [0.29, 0.717) is 16.2 Å². The Hall–Kier alpha value is -4.30. The summed E-state index contributed by atoms with van der Waals surface area (Å²) in [7, 11) is -3.49. The van der Waals surface area contributed by atoms with Gasteiger partial charge in [0.25, 0.3) is 0 Å². The van der Waals surface area contributed by atoms with E-state index < -0.39 is 24.3 Å². The molecular formula is C39H37O3P. The number of benzene rings is 5. The van der Waals surface area contributed by atoms with Crippen molar-refractivity contribution >= 4 is 23.5 Å². The number of hydrogen-bond donors (Lipinski definition) is 0. The summed E-state index contributed by atoms with van der Waals surface area (Å²) < 4.78 is 22.6. The van der Waals surface area contributed by atoms with Crippen LogP contribution >= 0.6 is 7.14 Å². The van der Waals surface area contributed by atoms with Crippen LogP contribution in [0.3, 0.4) is 0 Å². The molecule has 5 rings (SSSR count). The number of carbonyl (C=O) groups excluding carboxylic acids is 1. The second-order valence-electron chi connectivity index (χ2n) is 11.0.